The van der Waals surface area contributed by atoms with Crippen molar-refractivity contribution >= 4 is 11.6 Å². The van der Waals surface area contributed by atoms with Crippen molar-refractivity contribution in [1.29, 1.82) is 0 Å². The fourth-order valence-corrected chi connectivity index (χ4v) is 1.53. The van der Waals surface area contributed by atoms with E-state index in [4.69, 9.17) is 5.73 Å². The fraction of sp³-hybridized carbons (Fsp3) is 0.154. The number of nitrogens with two attached hydrogens (primary N) is 1. The van der Waals surface area contributed by atoms with Crippen LogP contribution in [0.5, 0.6) is 0 Å². The van der Waals surface area contributed by atoms with Crippen molar-refractivity contribution in [3.63, 3.8) is 0 Å². The number of nitrogens with zero attached hydrogens (tertiary/aromatic N) is 3. The molecule has 0 saturated carbocycles. The van der Waals surface area contributed by atoms with Crippen LogP contribution in [-0.4, -0.2) is 26.5 Å². The van der Waals surface area contributed by atoms with Gasteiger partial charge in [0.2, 0.25) is 5.91 Å². The molecule has 0 aliphatic heterocycles. The van der Waals surface area contributed by atoms with E-state index < -0.39 is 6.04 Å². The van der Waals surface area contributed by atoms with Crippen molar-refractivity contribution in [2.75, 3.05) is 5.32 Å². The highest BCUT2D eigenvalue weighted by molar-refractivity contribution is 5.94. The third-order valence-corrected chi connectivity index (χ3v) is 2.54. The van der Waals surface area contributed by atoms with Gasteiger partial charge in [-0.25, -0.2) is 9.97 Å². The van der Waals surface area contributed by atoms with E-state index in [1.54, 1.807) is 47.7 Å². The summed E-state index contributed by atoms with van der Waals surface area (Å²) in [5.74, 6) is 0.475. The summed E-state index contributed by atoms with van der Waals surface area (Å²) in [6, 6.07) is 2.96. The number of amides is 1. The van der Waals surface area contributed by atoms with Crippen molar-refractivity contribution < 1.29 is 4.79 Å². The summed E-state index contributed by atoms with van der Waals surface area (Å²) in [6.07, 6.45) is 8.75. The molecular formula is C13H15N5O. The van der Waals surface area contributed by atoms with Gasteiger partial charge in [0.15, 0.2) is 0 Å². The third kappa shape index (κ3) is 3.26. The van der Waals surface area contributed by atoms with Crippen LogP contribution in [0.4, 0.5) is 5.69 Å². The SMILES string of the molecule is C=CCC(N)C(=O)Nc1ccc(-n2ccnc2)nc1. The molecule has 0 saturated heterocycles. The van der Waals surface area contributed by atoms with E-state index in [0.29, 0.717) is 12.1 Å². The molecular weight excluding hydrogens is 242 g/mol. The van der Waals surface area contributed by atoms with Crippen molar-refractivity contribution in [3.8, 4) is 5.82 Å². The number of aromatic nitrogens is 3. The van der Waals surface area contributed by atoms with Crippen LogP contribution in [0.25, 0.3) is 5.82 Å². The van der Waals surface area contributed by atoms with Crippen molar-refractivity contribution in [2.45, 2.75) is 12.5 Å². The summed E-state index contributed by atoms with van der Waals surface area (Å²) in [5, 5.41) is 2.70. The van der Waals surface area contributed by atoms with Crippen LogP contribution >= 0.6 is 0 Å². The lowest BCUT2D eigenvalue weighted by Crippen LogP contribution is -2.35. The topological polar surface area (TPSA) is 85.8 Å². The number of rotatable bonds is 5. The summed E-state index contributed by atoms with van der Waals surface area (Å²) >= 11 is 0. The Morgan fingerprint density at radius 1 is 1.58 bits per heavy atom. The molecule has 6 nitrogen and oxygen atoms in total. The first-order valence-corrected chi connectivity index (χ1v) is 5.82. The Morgan fingerprint density at radius 2 is 2.42 bits per heavy atom. The lowest BCUT2D eigenvalue weighted by Gasteiger charge is -2.10. The van der Waals surface area contributed by atoms with Crippen LogP contribution in [0.2, 0.25) is 0 Å². The summed E-state index contributed by atoms with van der Waals surface area (Å²) in [5.41, 5.74) is 6.27. The largest absolute Gasteiger partial charge is 0.323 e. The number of nitrogens with one attached hydrogen (secondary N) is 1. The first kappa shape index (κ1) is 13.0. The number of hydrogen-bond donors (Lipinski definition) is 2. The molecule has 2 aromatic rings. The molecule has 0 radical (unpaired) electrons. The molecule has 0 spiro atoms. The van der Waals surface area contributed by atoms with E-state index in [-0.39, 0.29) is 5.91 Å². The molecule has 1 amide bonds. The normalized spacial score (nSPS) is 11.8. The number of pyridine rings is 1. The number of imidazole rings is 1. The lowest BCUT2D eigenvalue weighted by molar-refractivity contribution is -0.117. The van der Waals surface area contributed by atoms with Gasteiger partial charge in [-0.3, -0.25) is 9.36 Å². The molecule has 6 heteroatoms. The predicted molar refractivity (Wildman–Crippen MR) is 72.8 cm³/mol. The molecule has 2 aromatic heterocycles. The van der Waals surface area contributed by atoms with Gasteiger partial charge in [0, 0.05) is 12.4 Å². The van der Waals surface area contributed by atoms with Gasteiger partial charge in [-0.15, -0.1) is 6.58 Å². The number of hydrogen-bond acceptors (Lipinski definition) is 4. The Balaban J connectivity index is 2.03. The second-order valence-electron chi connectivity index (χ2n) is 4.00. The average molecular weight is 257 g/mol. The van der Waals surface area contributed by atoms with Gasteiger partial charge in [-0.1, -0.05) is 6.08 Å². The molecule has 0 fully saturated rings. The zero-order valence-electron chi connectivity index (χ0n) is 10.4. The highest BCUT2D eigenvalue weighted by Gasteiger charge is 2.11. The Bertz CT molecular complexity index is 547. The maximum Gasteiger partial charge on any atom is 0.241 e. The van der Waals surface area contributed by atoms with E-state index in [0.717, 1.165) is 5.82 Å². The molecule has 0 aromatic carbocycles. The van der Waals surface area contributed by atoms with Gasteiger partial charge in [-0.05, 0) is 18.6 Å². The Morgan fingerprint density at radius 3 is 3.00 bits per heavy atom. The molecule has 98 valence electrons. The quantitative estimate of drug-likeness (QED) is 0.786. The van der Waals surface area contributed by atoms with E-state index in [2.05, 4.69) is 21.9 Å². The van der Waals surface area contributed by atoms with Gasteiger partial charge in [0.05, 0.1) is 17.9 Å². The van der Waals surface area contributed by atoms with Crippen LogP contribution in [0.1, 0.15) is 6.42 Å². The molecule has 2 heterocycles. The first-order chi connectivity index (χ1) is 9.20. The van der Waals surface area contributed by atoms with Crippen molar-refractivity contribution in [3.05, 3.63) is 49.7 Å². The van der Waals surface area contributed by atoms with Crippen LogP contribution in [-0.2, 0) is 4.79 Å². The highest BCUT2D eigenvalue weighted by atomic mass is 16.2. The fourth-order valence-electron chi connectivity index (χ4n) is 1.53. The third-order valence-electron chi connectivity index (χ3n) is 2.54. The van der Waals surface area contributed by atoms with Gasteiger partial charge >= 0.3 is 0 Å². The van der Waals surface area contributed by atoms with E-state index in [9.17, 15) is 4.79 Å². The van der Waals surface area contributed by atoms with E-state index in [1.165, 1.54) is 0 Å². The van der Waals surface area contributed by atoms with E-state index >= 15 is 0 Å². The van der Waals surface area contributed by atoms with Crippen LogP contribution < -0.4 is 11.1 Å². The van der Waals surface area contributed by atoms with Crippen molar-refractivity contribution in [1.82, 2.24) is 14.5 Å². The monoisotopic (exact) mass is 257 g/mol. The molecule has 2 rings (SSSR count). The molecule has 1 unspecified atom stereocenters. The van der Waals surface area contributed by atoms with Crippen LogP contribution in [0.3, 0.4) is 0 Å². The second kappa shape index (κ2) is 5.92. The van der Waals surface area contributed by atoms with Gasteiger partial charge in [0.25, 0.3) is 0 Å². The molecule has 0 bridgehead atoms. The minimum Gasteiger partial charge on any atom is -0.323 e. The van der Waals surface area contributed by atoms with Gasteiger partial charge in [0.1, 0.15) is 12.1 Å². The minimum atomic E-state index is -0.592. The smallest absolute Gasteiger partial charge is 0.241 e. The van der Waals surface area contributed by atoms with Crippen LogP contribution in [0.15, 0.2) is 49.7 Å². The zero-order chi connectivity index (χ0) is 13.7. The molecule has 0 aliphatic rings. The summed E-state index contributed by atoms with van der Waals surface area (Å²) in [4.78, 5) is 19.9. The standard InChI is InChI=1S/C13H15N5O/c1-2-3-11(14)13(19)17-10-4-5-12(16-8-10)18-7-6-15-9-18/h2,4-9,11H,1,3,14H2,(H,17,19). The zero-order valence-corrected chi connectivity index (χ0v) is 10.4. The summed E-state index contributed by atoms with van der Waals surface area (Å²) < 4.78 is 1.77. The molecule has 3 N–H and O–H groups in total. The van der Waals surface area contributed by atoms with Crippen molar-refractivity contribution in [2.24, 2.45) is 5.73 Å². The maximum atomic E-state index is 11.7. The predicted octanol–water partition coefficient (Wildman–Crippen LogP) is 1.11. The number of anilines is 1. The lowest BCUT2D eigenvalue weighted by atomic mass is 10.2. The Hall–Kier alpha value is -2.47. The first-order valence-electron chi connectivity index (χ1n) is 5.82. The maximum absolute atomic E-state index is 11.7. The van der Waals surface area contributed by atoms with Crippen LogP contribution in [0, 0.1) is 0 Å². The highest BCUT2D eigenvalue weighted by Crippen LogP contribution is 2.10. The number of carbonyl (C=O) groups excluding carboxylic acids is 1. The summed E-state index contributed by atoms with van der Waals surface area (Å²) in [6.45, 7) is 3.55. The summed E-state index contributed by atoms with van der Waals surface area (Å²) in [7, 11) is 0. The Labute approximate surface area is 111 Å². The Kier molecular flexibility index (Phi) is 4.04. The van der Waals surface area contributed by atoms with E-state index in [1.807, 2.05) is 0 Å². The molecule has 0 aliphatic carbocycles. The molecule has 19 heavy (non-hydrogen) atoms. The second-order valence-corrected chi connectivity index (χ2v) is 4.00. The minimum absolute atomic E-state index is 0.253. The molecule has 1 atom stereocenters. The average Bonchev–Trinajstić information content (AvgIpc) is 2.94. The van der Waals surface area contributed by atoms with Gasteiger partial charge < -0.3 is 11.1 Å². The number of carbonyl (C=O) groups is 1. The van der Waals surface area contributed by atoms with Gasteiger partial charge in [-0.2, -0.15) is 0 Å².